The van der Waals surface area contributed by atoms with Gasteiger partial charge in [0.1, 0.15) is 50.9 Å². The predicted molar refractivity (Wildman–Crippen MR) is 513 cm³/mol. The number of carboxylic acid groups (broad SMARTS) is 4. The molecule has 18 nitrogen and oxygen atoms in total. The fraction of sp³-hybridized carbons (Fsp3) is 0.164. The highest BCUT2D eigenvalue weighted by Gasteiger charge is 2.54. The van der Waals surface area contributed by atoms with E-state index in [1.807, 2.05) is 103 Å². The normalized spacial score (nSPS) is 13.4. The third-order valence-corrected chi connectivity index (χ3v) is 24.3. The van der Waals surface area contributed by atoms with Crippen LogP contribution in [0, 0.1) is 5.82 Å². The van der Waals surface area contributed by atoms with Gasteiger partial charge >= 0.3 is 23.9 Å². The number of ether oxygens (including phenoxy) is 2. The second-order valence-corrected chi connectivity index (χ2v) is 37.4. The molecular formula is C110H87Cl2FO18. The lowest BCUT2D eigenvalue weighted by molar-refractivity contribution is -0.134. The van der Waals surface area contributed by atoms with Crippen molar-refractivity contribution in [2.75, 3.05) is 0 Å². The Bertz CT molecular complexity index is 7770. The summed E-state index contributed by atoms with van der Waals surface area (Å²) in [6.07, 6.45) is 0. The van der Waals surface area contributed by atoms with E-state index in [9.17, 15) is 58.4 Å². The highest BCUT2D eigenvalue weighted by molar-refractivity contribution is 6.32. The minimum Gasteiger partial charge on any atom is -0.508 e. The van der Waals surface area contributed by atoms with Crippen LogP contribution in [0.1, 0.15) is 170 Å². The topological polar surface area (TPSA) is 296 Å². The Morgan fingerprint density at radius 3 is 1.21 bits per heavy atom. The average molecular weight is 1790 g/mol. The van der Waals surface area contributed by atoms with Crippen molar-refractivity contribution in [2.45, 2.75) is 117 Å². The largest absolute Gasteiger partial charge is 0.508 e. The number of halogens is 3. The Hall–Kier alpha value is -15.1. The minimum atomic E-state index is -1.08. The van der Waals surface area contributed by atoms with Gasteiger partial charge in [0.15, 0.2) is 16.8 Å². The summed E-state index contributed by atoms with van der Waals surface area (Å²) in [5.41, 5.74) is 12.3. The van der Waals surface area contributed by atoms with Gasteiger partial charge in [-0.1, -0.05) is 252 Å². The molecule has 1 atom stereocenters. The molecule has 0 fully saturated rings. The van der Waals surface area contributed by atoms with E-state index in [0.29, 0.717) is 117 Å². The van der Waals surface area contributed by atoms with Crippen molar-refractivity contribution in [2.24, 2.45) is 0 Å². The van der Waals surface area contributed by atoms with Gasteiger partial charge in [-0.05, 0) is 180 Å². The summed E-state index contributed by atoms with van der Waals surface area (Å²) < 4.78 is 45.6. The molecule has 4 aliphatic rings. The molecule has 21 heteroatoms. The van der Waals surface area contributed by atoms with Crippen LogP contribution in [0.25, 0.3) is 132 Å². The summed E-state index contributed by atoms with van der Waals surface area (Å²) in [5.74, 6) is -3.54. The lowest BCUT2D eigenvalue weighted by Crippen LogP contribution is -2.33. The maximum atomic E-state index is 14.3. The first kappa shape index (κ1) is 89.3. The third kappa shape index (κ3) is 16.7. The molecule has 3 aliphatic heterocycles. The highest BCUT2D eigenvalue weighted by Crippen LogP contribution is 2.58. The van der Waals surface area contributed by atoms with Crippen molar-refractivity contribution in [3.05, 3.63) is 369 Å². The van der Waals surface area contributed by atoms with E-state index >= 15 is 0 Å². The van der Waals surface area contributed by atoms with Crippen molar-refractivity contribution >= 4 is 140 Å². The number of hydrogen-bond donors (Lipinski definition) is 5. The van der Waals surface area contributed by atoms with Gasteiger partial charge in [0.05, 0.1) is 32.3 Å². The second kappa shape index (κ2) is 33.9. The van der Waals surface area contributed by atoms with Gasteiger partial charge in [0, 0.05) is 101 Å². The second-order valence-electron chi connectivity index (χ2n) is 36.6. The summed E-state index contributed by atoms with van der Waals surface area (Å²) in [6.45, 7) is 26.6. The number of hydrogen-bond acceptors (Lipinski definition) is 14. The SMILES string of the molecule is CC(=O)O.CC(C)(C)c1ccc2c(-c3ccccc3C(=O)O)c3ccc4cc(=O)c(Cl)cc4c3oc2c1.CC(C)(C)c1ccc2c(-c3ccccc3C(=O)O)c3ccc4cc(=O)c(F)cc4c3oc2c1.CC(C)(C)c1ccc2c(c1)Oc1cc(O)ccc1C21OC(=O)c2ccccc21.CC(C)(C)c1ccc2c(ccc3c(-c4ccccc4C(=O)O)c4cc(Cl)c(=O)cc-4oc32)c1. The Morgan fingerprint density at radius 1 is 0.344 bits per heavy atom. The van der Waals surface area contributed by atoms with Gasteiger partial charge < -0.3 is 48.3 Å². The molecule has 0 saturated carbocycles. The molecule has 0 bridgehead atoms. The fourth-order valence-electron chi connectivity index (χ4n) is 17.1. The zero-order chi connectivity index (χ0) is 93.7. The van der Waals surface area contributed by atoms with Gasteiger partial charge in [-0.15, -0.1) is 0 Å². The van der Waals surface area contributed by atoms with Gasteiger partial charge in [-0.25, -0.2) is 23.6 Å². The summed E-state index contributed by atoms with van der Waals surface area (Å²) >= 11 is 12.4. The van der Waals surface area contributed by atoms with Crippen LogP contribution in [0.15, 0.2) is 288 Å². The van der Waals surface area contributed by atoms with Crippen LogP contribution < -0.4 is 21.0 Å². The first-order valence-electron chi connectivity index (χ1n) is 42.1. The zero-order valence-electron chi connectivity index (χ0n) is 73.5. The van der Waals surface area contributed by atoms with Gasteiger partial charge in [-0.2, -0.15) is 0 Å². The van der Waals surface area contributed by atoms with Gasteiger partial charge in [0.25, 0.3) is 5.97 Å². The van der Waals surface area contributed by atoms with Crippen LogP contribution in [0.2, 0.25) is 10.0 Å². The number of rotatable bonds is 6. The van der Waals surface area contributed by atoms with Crippen LogP contribution in [0.5, 0.6) is 17.2 Å². The quantitative estimate of drug-likeness (QED) is 0.0587. The molecule has 0 amide bonds. The van der Waals surface area contributed by atoms with Crippen molar-refractivity contribution in [3.8, 4) is 62.0 Å². The Balaban J connectivity index is 0.000000126. The molecule has 16 aromatic rings. The van der Waals surface area contributed by atoms with Gasteiger partial charge in [-0.3, -0.25) is 19.2 Å². The zero-order valence-corrected chi connectivity index (χ0v) is 75.0. The number of carboxylic acids is 4. The van der Waals surface area contributed by atoms with E-state index in [4.69, 9.17) is 55.8 Å². The van der Waals surface area contributed by atoms with Gasteiger partial charge in [0.2, 0.25) is 10.9 Å². The standard InChI is InChI=1S/2C28H21ClO4.C28H21FO4.C24H20O4.C2H4O2/c1-28(2,3)16-9-11-19-24(13-16)33-26-20(10-8-15-12-23(30)22(29)14-21(15)26)25(19)17-6-4-5-7-18(17)27(31)32;1-28(2,3)16-9-11-17-15(12-16)8-10-20-25(18-6-4-5-7-19(18)27(31)32)21-13-22(29)23(30)14-24(21)33-26(17)20;1-28(2,3)16-9-11-19-24(13-16)33-26-20(10-8-15-12-23(30)22(29)14-21(15)26)25(19)17-6-4-5-7-18(17)27(31)32;1-23(2,3)14-8-10-18-20(12-14)27-21-13-15(25)9-11-19(21)24(18)17-7-5-4-6-16(17)22(26)28-24;1-2(3)4/h3*4-14H,1-3H3,(H,31,32);4-13,25H,1-3H3;1H3,(H,3,4). The van der Waals surface area contributed by atoms with Crippen LogP contribution in [-0.4, -0.2) is 55.4 Å². The highest BCUT2D eigenvalue weighted by atomic mass is 35.5. The van der Waals surface area contributed by atoms with Crippen molar-refractivity contribution in [1.82, 2.24) is 0 Å². The number of esters is 1. The molecule has 5 heterocycles. The maximum absolute atomic E-state index is 14.3. The first-order valence-corrected chi connectivity index (χ1v) is 42.8. The number of fused-ring (bicyclic) bond motifs is 18. The molecule has 2 aromatic heterocycles. The van der Waals surface area contributed by atoms with Crippen LogP contribution >= 0.6 is 23.2 Å². The Kier molecular flexibility index (Phi) is 23.1. The molecule has 1 spiro atoms. The summed E-state index contributed by atoms with van der Waals surface area (Å²) in [6, 6.07) is 76.9. The van der Waals surface area contributed by atoms with Crippen LogP contribution in [-0.2, 0) is 36.8 Å². The van der Waals surface area contributed by atoms with E-state index in [-0.39, 0.29) is 71.0 Å². The number of aromatic carboxylic acids is 3. The fourth-order valence-corrected chi connectivity index (χ4v) is 17.4. The van der Waals surface area contributed by atoms with E-state index < -0.39 is 40.7 Å². The number of phenols is 1. The molecule has 656 valence electrons. The molecular weight excluding hydrogens is 1700 g/mol. The molecule has 1 unspecified atom stereocenters. The lowest BCUT2D eigenvalue weighted by Gasteiger charge is -2.37. The molecule has 0 radical (unpaired) electrons. The number of aromatic hydroxyl groups is 1. The van der Waals surface area contributed by atoms with E-state index in [0.717, 1.165) is 72.6 Å². The van der Waals surface area contributed by atoms with E-state index in [1.54, 1.807) is 109 Å². The lowest BCUT2D eigenvalue weighted by atomic mass is 9.76. The number of carbonyl (C=O) groups excluding carboxylic acids is 1. The van der Waals surface area contributed by atoms with Crippen LogP contribution in [0.4, 0.5) is 4.39 Å². The molecule has 0 saturated heterocycles. The maximum Gasteiger partial charge on any atom is 0.340 e. The van der Waals surface area contributed by atoms with Crippen molar-refractivity contribution in [3.63, 3.8) is 0 Å². The number of benzene rings is 15. The summed E-state index contributed by atoms with van der Waals surface area (Å²) in [5, 5.41) is 55.2. The molecule has 1 aliphatic carbocycles. The van der Waals surface area contributed by atoms with Crippen LogP contribution in [0.3, 0.4) is 0 Å². The number of carbonyl (C=O) groups is 5. The molecule has 5 N–H and O–H groups in total. The van der Waals surface area contributed by atoms with Crippen molar-refractivity contribution in [1.29, 1.82) is 0 Å². The Labute approximate surface area is 759 Å². The molecule has 14 aromatic carbocycles. The predicted octanol–water partition coefficient (Wildman–Crippen LogP) is 27.0. The summed E-state index contributed by atoms with van der Waals surface area (Å²) in [7, 11) is 0. The smallest absolute Gasteiger partial charge is 0.340 e. The number of aliphatic carboxylic acids is 1. The van der Waals surface area contributed by atoms with E-state index in [2.05, 4.69) is 107 Å². The monoisotopic (exact) mass is 1780 g/mol. The minimum absolute atomic E-state index is 0.0104. The third-order valence-electron chi connectivity index (χ3n) is 23.7. The molecule has 131 heavy (non-hydrogen) atoms. The Morgan fingerprint density at radius 2 is 0.718 bits per heavy atom. The average Bonchev–Trinajstić information content (AvgIpc) is 1.57. The first-order chi connectivity index (χ1) is 62.0. The number of phenolic OH excluding ortho intramolecular Hbond substituents is 1. The van der Waals surface area contributed by atoms with Crippen molar-refractivity contribution < 1.29 is 76.6 Å². The van der Waals surface area contributed by atoms with E-state index in [1.165, 1.54) is 29.8 Å². The summed E-state index contributed by atoms with van der Waals surface area (Å²) in [4.78, 5) is 94.2. The molecule has 20 rings (SSSR count).